The van der Waals surface area contributed by atoms with Gasteiger partial charge in [0.1, 0.15) is 41.4 Å². The number of nitrogens with two attached hydrogens (primary N) is 1. The van der Waals surface area contributed by atoms with E-state index in [-0.39, 0.29) is 90.4 Å². The Morgan fingerprint density at radius 1 is 1.26 bits per heavy atom. The fraction of sp³-hybridized carbons (Fsp3) is 0.469. The normalized spacial score (nSPS) is 25.3. The van der Waals surface area contributed by atoms with Gasteiger partial charge in [0, 0.05) is 24.0 Å². The Balaban J connectivity index is 1.33. The average molecular weight is 689 g/mol. The summed E-state index contributed by atoms with van der Waals surface area (Å²) in [5.41, 5.74) is 5.67. The molecular formula is C32H29ClF4N6O3S. The molecule has 246 valence electrons. The number of ether oxygens (including phenoxy) is 3. The molecule has 8 rings (SSSR count). The number of nitrogens with zero attached hydrogens (tertiary/aromatic N) is 5. The van der Waals surface area contributed by atoms with Crippen LogP contribution < -0.4 is 20.1 Å². The van der Waals surface area contributed by atoms with Gasteiger partial charge in [-0.2, -0.15) is 24.0 Å². The van der Waals surface area contributed by atoms with Crippen molar-refractivity contribution in [2.75, 3.05) is 43.5 Å². The van der Waals surface area contributed by atoms with Gasteiger partial charge < -0.3 is 24.8 Å². The summed E-state index contributed by atoms with van der Waals surface area (Å²) in [6.07, 6.45) is 2.32. The molecule has 15 heteroatoms. The topological polar surface area (TPSA) is 110 Å². The third-order valence-electron chi connectivity index (χ3n) is 10.0. The van der Waals surface area contributed by atoms with Crippen LogP contribution in [0.4, 0.5) is 28.4 Å². The third kappa shape index (κ3) is 4.68. The third-order valence-corrected chi connectivity index (χ3v) is 11.4. The van der Waals surface area contributed by atoms with Gasteiger partial charge in [0.05, 0.1) is 38.4 Å². The minimum atomic E-state index is -3.00. The lowest BCUT2D eigenvalue weighted by molar-refractivity contribution is -0.164. The molecule has 0 spiro atoms. The van der Waals surface area contributed by atoms with E-state index in [2.05, 4.69) is 16.8 Å². The van der Waals surface area contributed by atoms with Gasteiger partial charge >= 0.3 is 12.6 Å². The van der Waals surface area contributed by atoms with Crippen molar-refractivity contribution in [1.29, 1.82) is 5.26 Å². The van der Waals surface area contributed by atoms with Crippen molar-refractivity contribution in [2.45, 2.75) is 56.9 Å². The van der Waals surface area contributed by atoms with E-state index in [1.807, 2.05) is 6.07 Å². The van der Waals surface area contributed by atoms with Gasteiger partial charge in [-0.3, -0.25) is 4.90 Å². The van der Waals surface area contributed by atoms with E-state index in [1.165, 1.54) is 6.07 Å². The van der Waals surface area contributed by atoms with Gasteiger partial charge in [0.25, 0.3) is 0 Å². The second-order valence-electron chi connectivity index (χ2n) is 12.8. The van der Waals surface area contributed by atoms with Crippen LogP contribution in [0.1, 0.15) is 38.2 Å². The number of anilines is 2. The molecule has 4 atom stereocenters. The number of nitrogen functional groups attached to an aromatic ring is 1. The van der Waals surface area contributed by atoms with E-state index in [9.17, 15) is 18.4 Å². The highest BCUT2D eigenvalue weighted by Crippen LogP contribution is 2.52. The van der Waals surface area contributed by atoms with Crippen molar-refractivity contribution >= 4 is 54.7 Å². The maximum Gasteiger partial charge on any atom is 0.345 e. The highest BCUT2D eigenvalue weighted by Gasteiger charge is 2.48. The van der Waals surface area contributed by atoms with E-state index in [1.54, 1.807) is 4.90 Å². The first-order valence-electron chi connectivity index (χ1n) is 15.4. The first-order valence-corrected chi connectivity index (χ1v) is 16.6. The summed E-state index contributed by atoms with van der Waals surface area (Å²) in [5.74, 6) is -0.717. The van der Waals surface area contributed by atoms with Gasteiger partial charge in [-0.15, -0.1) is 11.3 Å². The summed E-state index contributed by atoms with van der Waals surface area (Å²) in [6, 6.07) is 3.73. The molecule has 9 nitrogen and oxygen atoms in total. The molecule has 3 fully saturated rings. The zero-order valence-corrected chi connectivity index (χ0v) is 26.7. The zero-order valence-electron chi connectivity index (χ0n) is 25.2. The first-order chi connectivity index (χ1) is 22.6. The van der Waals surface area contributed by atoms with Crippen LogP contribution in [0.15, 0.2) is 12.1 Å². The molecule has 2 unspecified atom stereocenters. The van der Waals surface area contributed by atoms with E-state index in [0.29, 0.717) is 12.5 Å². The summed E-state index contributed by atoms with van der Waals surface area (Å²) >= 11 is 7.83. The minimum Gasteiger partial charge on any atom is -0.489 e. The molecule has 4 aromatic rings. The SMILES string of the molecule is C[C@H]1CN2CCC[C@@]2(COc2nc3c4c(c(Cl)c(-c5ccc(F)c6sc(N)c(C#N)c56)c(F)c4n2)OCC2C(OC(F)F)CCN32)C1. The van der Waals surface area contributed by atoms with Gasteiger partial charge in [0.15, 0.2) is 11.6 Å². The lowest BCUT2D eigenvalue weighted by Crippen LogP contribution is -2.43. The molecule has 3 saturated heterocycles. The summed E-state index contributed by atoms with van der Waals surface area (Å²) in [5, 5.41) is 10.1. The fourth-order valence-electron chi connectivity index (χ4n) is 8.15. The van der Waals surface area contributed by atoms with Crippen molar-refractivity contribution in [2.24, 2.45) is 5.92 Å². The molecule has 0 radical (unpaired) electrons. The van der Waals surface area contributed by atoms with Crippen LogP contribution in [0.3, 0.4) is 0 Å². The molecule has 0 amide bonds. The number of hydrogen-bond donors (Lipinski definition) is 1. The largest absolute Gasteiger partial charge is 0.489 e. The van der Waals surface area contributed by atoms with E-state index < -0.39 is 30.4 Å². The highest BCUT2D eigenvalue weighted by molar-refractivity contribution is 7.23. The summed E-state index contributed by atoms with van der Waals surface area (Å²) < 4.78 is 76.3. The quantitative estimate of drug-likeness (QED) is 0.221. The molecule has 0 bridgehead atoms. The molecular weight excluding hydrogens is 660 g/mol. The molecule has 0 aliphatic carbocycles. The standard InChI is InChI=1S/C32H29ClF4N6O3S/c1-14-9-32(6-2-7-42(32)11-14)13-45-31-40-25-22-26(44-12-18-19(46-30(36)37)5-8-43(18)29(22)41-31)23(33)21(24(25)35)15-3-4-17(34)27-20(15)16(10-38)28(39)47-27/h3-4,14,18-19,30H,2,5-9,11-13,39H2,1H3/t14-,18?,19?,32+/m1/s1. The molecule has 4 aliphatic heterocycles. The molecule has 0 saturated carbocycles. The Hall–Kier alpha value is -3.64. The Morgan fingerprint density at radius 2 is 2.09 bits per heavy atom. The average Bonchev–Trinajstić information content (AvgIpc) is 3.75. The zero-order chi connectivity index (χ0) is 32.8. The van der Waals surface area contributed by atoms with Crippen molar-refractivity contribution in [3.8, 4) is 29.0 Å². The number of thiophene rings is 1. The van der Waals surface area contributed by atoms with Crippen LogP contribution in [0.25, 0.3) is 32.1 Å². The Labute approximate surface area is 275 Å². The van der Waals surface area contributed by atoms with Crippen LogP contribution in [-0.4, -0.2) is 72.0 Å². The van der Waals surface area contributed by atoms with E-state index in [0.717, 1.165) is 49.8 Å². The molecule has 2 aromatic carbocycles. The molecule has 2 aromatic heterocycles. The second-order valence-corrected chi connectivity index (χ2v) is 14.2. The maximum atomic E-state index is 17.1. The summed E-state index contributed by atoms with van der Waals surface area (Å²) in [6.45, 7) is 1.61. The number of rotatable bonds is 6. The molecule has 47 heavy (non-hydrogen) atoms. The van der Waals surface area contributed by atoms with Crippen molar-refractivity contribution < 1.29 is 31.8 Å². The Morgan fingerprint density at radius 3 is 2.87 bits per heavy atom. The minimum absolute atomic E-state index is 0.00644. The summed E-state index contributed by atoms with van der Waals surface area (Å²) in [4.78, 5) is 13.5. The molecule has 6 heterocycles. The number of nitriles is 1. The predicted molar refractivity (Wildman–Crippen MR) is 169 cm³/mol. The smallest absolute Gasteiger partial charge is 0.345 e. The van der Waals surface area contributed by atoms with Gasteiger partial charge in [-0.1, -0.05) is 24.6 Å². The molecule has 2 N–H and O–H groups in total. The number of benzene rings is 2. The van der Waals surface area contributed by atoms with Gasteiger partial charge in [0.2, 0.25) is 0 Å². The van der Waals surface area contributed by atoms with Gasteiger partial charge in [-0.05, 0) is 49.8 Å². The van der Waals surface area contributed by atoms with Crippen LogP contribution in [0.5, 0.6) is 11.8 Å². The van der Waals surface area contributed by atoms with E-state index >= 15 is 4.39 Å². The Kier molecular flexibility index (Phi) is 7.32. The number of halogens is 5. The van der Waals surface area contributed by atoms with E-state index in [4.69, 9.17) is 36.5 Å². The predicted octanol–water partition coefficient (Wildman–Crippen LogP) is 6.73. The summed E-state index contributed by atoms with van der Waals surface area (Å²) in [7, 11) is 0. The van der Waals surface area contributed by atoms with Gasteiger partial charge in [-0.25, -0.2) is 8.78 Å². The Bertz CT molecular complexity index is 1990. The second kappa shape index (κ2) is 11.2. The fourth-order valence-corrected chi connectivity index (χ4v) is 9.44. The first kappa shape index (κ1) is 30.7. The lowest BCUT2D eigenvalue weighted by atomic mass is 9.92. The van der Waals surface area contributed by atoms with Crippen LogP contribution in [0.2, 0.25) is 5.02 Å². The van der Waals surface area contributed by atoms with Crippen molar-refractivity contribution in [3.05, 3.63) is 34.4 Å². The van der Waals surface area contributed by atoms with Crippen LogP contribution in [-0.2, 0) is 4.74 Å². The maximum absolute atomic E-state index is 17.1. The number of alkyl halides is 2. The number of fused-ring (bicyclic) bond motifs is 4. The van der Waals surface area contributed by atoms with Crippen molar-refractivity contribution in [1.82, 2.24) is 14.9 Å². The van der Waals surface area contributed by atoms with Crippen LogP contribution in [0, 0.1) is 28.9 Å². The monoisotopic (exact) mass is 688 g/mol. The number of aromatic nitrogens is 2. The lowest BCUT2D eigenvalue weighted by Gasteiger charge is -2.31. The highest BCUT2D eigenvalue weighted by atomic mass is 35.5. The number of hydrogen-bond acceptors (Lipinski definition) is 10. The molecule has 4 aliphatic rings. The van der Waals surface area contributed by atoms with Crippen LogP contribution >= 0.6 is 22.9 Å². The van der Waals surface area contributed by atoms with Crippen molar-refractivity contribution in [3.63, 3.8) is 0 Å².